The van der Waals surface area contributed by atoms with E-state index in [1.165, 1.54) is 5.56 Å². The number of hydrogen-bond donors (Lipinski definition) is 3. The Morgan fingerprint density at radius 2 is 2.09 bits per heavy atom. The number of carbonyl (C=O) groups excluding carboxylic acids is 1. The third-order valence-corrected chi connectivity index (χ3v) is 3.25. The molecule has 1 amide bonds. The van der Waals surface area contributed by atoms with Gasteiger partial charge in [-0.1, -0.05) is 32.9 Å². The second-order valence-corrected chi connectivity index (χ2v) is 5.81. The number of nitrogens with one attached hydrogen (secondary N) is 3. The third kappa shape index (κ3) is 7.83. The molecule has 1 aromatic carbocycles. The van der Waals surface area contributed by atoms with Crippen molar-refractivity contribution in [2.45, 2.75) is 33.6 Å². The first kappa shape index (κ1) is 18.2. The fraction of sp³-hybridized carbons (Fsp3) is 0.500. The first-order valence-corrected chi connectivity index (χ1v) is 7.96. The Balaban J connectivity index is 2.21. The number of hydrogen-bond acceptors (Lipinski definition) is 3. The minimum absolute atomic E-state index is 0.0607. The van der Waals surface area contributed by atoms with Gasteiger partial charge in [-0.2, -0.15) is 0 Å². The molecule has 1 aromatic rings. The second-order valence-electron chi connectivity index (χ2n) is 5.40. The molecule has 1 rings (SSSR count). The highest BCUT2D eigenvalue weighted by Gasteiger charge is 2.04. The van der Waals surface area contributed by atoms with Crippen LogP contribution in [0.1, 0.15) is 32.8 Å². The highest BCUT2D eigenvalue weighted by Crippen LogP contribution is 2.13. The first-order chi connectivity index (χ1) is 10.5. The van der Waals surface area contributed by atoms with Gasteiger partial charge in [0.15, 0.2) is 11.7 Å². The summed E-state index contributed by atoms with van der Waals surface area (Å²) in [5.41, 5.74) is 6.33. The van der Waals surface area contributed by atoms with E-state index in [2.05, 4.69) is 36.9 Å². The Kier molecular flexibility index (Phi) is 8.28. The minimum atomic E-state index is -0.282. The molecule has 0 saturated carbocycles. The molecule has 0 bridgehead atoms. The number of thiocarbonyl (C=S) groups is 1. The van der Waals surface area contributed by atoms with Gasteiger partial charge in [0.1, 0.15) is 5.75 Å². The number of ether oxygens (including phenoxy) is 1. The van der Waals surface area contributed by atoms with Crippen LogP contribution < -0.4 is 20.9 Å². The van der Waals surface area contributed by atoms with E-state index in [1.807, 2.05) is 24.3 Å². The van der Waals surface area contributed by atoms with Crippen molar-refractivity contribution in [1.29, 1.82) is 0 Å². The van der Waals surface area contributed by atoms with Crippen LogP contribution in [0.2, 0.25) is 0 Å². The van der Waals surface area contributed by atoms with Crippen LogP contribution in [0.3, 0.4) is 0 Å². The molecule has 0 aliphatic heterocycles. The number of amides is 1. The monoisotopic (exact) mass is 323 g/mol. The summed E-state index contributed by atoms with van der Waals surface area (Å²) in [6.45, 7) is 7.08. The summed E-state index contributed by atoms with van der Waals surface area (Å²) < 4.78 is 5.44. The fourth-order valence-electron chi connectivity index (χ4n) is 1.69. The normalized spacial score (nSPS) is 10.2. The Hall–Kier alpha value is -1.82. The van der Waals surface area contributed by atoms with Crippen molar-refractivity contribution in [2.24, 2.45) is 5.92 Å². The summed E-state index contributed by atoms with van der Waals surface area (Å²) in [6, 6.07) is 7.70. The Labute approximate surface area is 137 Å². The van der Waals surface area contributed by atoms with Crippen LogP contribution >= 0.6 is 12.2 Å². The maximum absolute atomic E-state index is 11.7. The van der Waals surface area contributed by atoms with Crippen LogP contribution in [0, 0.1) is 5.92 Å². The maximum atomic E-state index is 11.7. The molecule has 0 saturated heterocycles. The van der Waals surface area contributed by atoms with Crippen molar-refractivity contribution in [1.82, 2.24) is 16.2 Å². The fourth-order valence-corrected chi connectivity index (χ4v) is 1.84. The van der Waals surface area contributed by atoms with Gasteiger partial charge in [-0.25, -0.2) is 0 Å². The van der Waals surface area contributed by atoms with Crippen LogP contribution in [0.25, 0.3) is 0 Å². The van der Waals surface area contributed by atoms with Crippen LogP contribution in [0.15, 0.2) is 24.3 Å². The predicted molar refractivity (Wildman–Crippen MR) is 92.6 cm³/mol. The van der Waals surface area contributed by atoms with Crippen LogP contribution in [0.5, 0.6) is 5.75 Å². The number of carbonyl (C=O) groups is 1. The van der Waals surface area contributed by atoms with E-state index in [9.17, 15) is 4.79 Å². The topological polar surface area (TPSA) is 62.4 Å². The predicted octanol–water partition coefficient (Wildman–Crippen LogP) is 2.17. The molecule has 6 heteroatoms. The number of hydrazine groups is 1. The smallest absolute Gasteiger partial charge is 0.276 e. The quantitative estimate of drug-likeness (QED) is 0.530. The Morgan fingerprint density at radius 1 is 1.32 bits per heavy atom. The van der Waals surface area contributed by atoms with Crippen molar-refractivity contribution in [3.63, 3.8) is 0 Å². The zero-order valence-corrected chi connectivity index (χ0v) is 14.3. The molecule has 3 N–H and O–H groups in total. The van der Waals surface area contributed by atoms with Gasteiger partial charge in [0.2, 0.25) is 0 Å². The molecule has 5 nitrogen and oxygen atoms in total. The van der Waals surface area contributed by atoms with Crippen molar-refractivity contribution >= 4 is 23.2 Å². The van der Waals surface area contributed by atoms with Gasteiger partial charge in [0.25, 0.3) is 5.91 Å². The molecule has 0 atom stereocenters. The summed E-state index contributed by atoms with van der Waals surface area (Å²) >= 11 is 5.06. The van der Waals surface area contributed by atoms with E-state index in [1.54, 1.807) is 0 Å². The zero-order valence-electron chi connectivity index (χ0n) is 13.4. The first-order valence-electron chi connectivity index (χ1n) is 7.55. The molecule has 0 fully saturated rings. The summed E-state index contributed by atoms with van der Waals surface area (Å²) in [4.78, 5) is 11.7. The van der Waals surface area contributed by atoms with E-state index >= 15 is 0 Å². The van der Waals surface area contributed by atoms with Crippen LogP contribution in [-0.4, -0.2) is 24.2 Å². The van der Waals surface area contributed by atoms with Gasteiger partial charge in [-0.3, -0.25) is 15.6 Å². The molecule has 0 radical (unpaired) electrons. The molecule has 22 heavy (non-hydrogen) atoms. The van der Waals surface area contributed by atoms with Crippen molar-refractivity contribution in [3.8, 4) is 5.75 Å². The molecule has 0 aromatic heterocycles. The van der Waals surface area contributed by atoms with Crippen molar-refractivity contribution in [3.05, 3.63) is 29.8 Å². The SMILES string of the molecule is CCc1cccc(OCC(=O)NNC(=S)NCCC(C)C)c1. The van der Waals surface area contributed by atoms with Gasteiger partial charge < -0.3 is 10.1 Å². The summed E-state index contributed by atoms with van der Waals surface area (Å²) in [6.07, 6.45) is 1.95. The number of aryl methyl sites for hydroxylation is 1. The average Bonchev–Trinajstić information content (AvgIpc) is 2.50. The molecule has 0 spiro atoms. The van der Waals surface area contributed by atoms with E-state index < -0.39 is 0 Å². The Bertz CT molecular complexity index is 492. The standard InChI is InChI=1S/C16H25N3O2S/c1-4-13-6-5-7-14(10-13)21-11-15(20)18-19-16(22)17-9-8-12(2)3/h5-7,10,12H,4,8-9,11H2,1-3H3,(H,18,20)(H2,17,19,22). The lowest BCUT2D eigenvalue weighted by atomic mass is 10.1. The van der Waals surface area contributed by atoms with Crippen molar-refractivity contribution < 1.29 is 9.53 Å². The lowest BCUT2D eigenvalue weighted by Gasteiger charge is -2.13. The van der Waals surface area contributed by atoms with Crippen molar-refractivity contribution in [2.75, 3.05) is 13.2 Å². The molecular weight excluding hydrogens is 298 g/mol. The van der Waals surface area contributed by atoms with E-state index in [0.29, 0.717) is 16.8 Å². The van der Waals surface area contributed by atoms with E-state index in [-0.39, 0.29) is 12.5 Å². The zero-order chi connectivity index (χ0) is 16.4. The van der Waals surface area contributed by atoms with E-state index in [0.717, 1.165) is 19.4 Å². The summed E-state index contributed by atoms with van der Waals surface area (Å²) in [5, 5.41) is 3.43. The molecule has 0 aliphatic rings. The van der Waals surface area contributed by atoms with Crippen LogP contribution in [0.4, 0.5) is 0 Å². The maximum Gasteiger partial charge on any atom is 0.276 e. The van der Waals surface area contributed by atoms with Crippen LogP contribution in [-0.2, 0) is 11.2 Å². The Morgan fingerprint density at radius 3 is 2.77 bits per heavy atom. The third-order valence-electron chi connectivity index (χ3n) is 3.00. The molecule has 0 unspecified atom stereocenters. The highest BCUT2D eigenvalue weighted by molar-refractivity contribution is 7.80. The minimum Gasteiger partial charge on any atom is -0.484 e. The molecule has 122 valence electrons. The highest BCUT2D eigenvalue weighted by atomic mass is 32.1. The van der Waals surface area contributed by atoms with Gasteiger partial charge in [-0.05, 0) is 48.7 Å². The number of benzene rings is 1. The average molecular weight is 323 g/mol. The second kappa shape index (κ2) is 10.00. The molecule has 0 aliphatic carbocycles. The summed E-state index contributed by atoms with van der Waals surface area (Å²) in [7, 11) is 0. The molecule has 0 heterocycles. The lowest BCUT2D eigenvalue weighted by molar-refractivity contribution is -0.123. The van der Waals surface area contributed by atoms with Gasteiger partial charge in [-0.15, -0.1) is 0 Å². The largest absolute Gasteiger partial charge is 0.484 e. The van der Waals surface area contributed by atoms with Gasteiger partial charge in [0, 0.05) is 6.54 Å². The van der Waals surface area contributed by atoms with E-state index in [4.69, 9.17) is 17.0 Å². The summed E-state index contributed by atoms with van der Waals surface area (Å²) in [5.74, 6) is 1.01. The van der Waals surface area contributed by atoms with Gasteiger partial charge in [0.05, 0.1) is 0 Å². The lowest BCUT2D eigenvalue weighted by Crippen LogP contribution is -2.48. The molecular formula is C16H25N3O2S. The van der Waals surface area contributed by atoms with Gasteiger partial charge >= 0.3 is 0 Å². The number of rotatable bonds is 7.